The first-order chi connectivity index (χ1) is 17.8. The van der Waals surface area contributed by atoms with E-state index in [2.05, 4.69) is 32.9 Å². The fourth-order valence-corrected chi connectivity index (χ4v) is 5.40. The number of hydrogen-bond acceptors (Lipinski definition) is 4. The van der Waals surface area contributed by atoms with Crippen LogP contribution in [0.4, 0.5) is 15.3 Å². The molecule has 0 spiro atoms. The second-order valence-corrected chi connectivity index (χ2v) is 10.7. The fraction of sp³-hybridized carbons (Fsp3) is 0.333. The monoisotopic (exact) mass is 612 g/mol. The molecule has 5 rings (SSSR count). The number of fused-ring (bicyclic) bond motifs is 1. The Morgan fingerprint density at radius 3 is 2.41 bits per heavy atom. The number of piperidine rings is 1. The van der Waals surface area contributed by atoms with Crippen molar-refractivity contribution in [3.63, 3.8) is 0 Å². The van der Waals surface area contributed by atoms with Crippen molar-refractivity contribution in [1.82, 2.24) is 24.7 Å². The number of carbonyl (C=O) groups excluding carboxylic acids is 3. The number of anilines is 1. The van der Waals surface area contributed by atoms with Gasteiger partial charge in [-0.25, -0.2) is 14.6 Å². The van der Waals surface area contributed by atoms with Crippen molar-refractivity contribution in [2.24, 2.45) is 0 Å². The SMILES string of the molecule is Cc1ncc2n1C(=O)N(C1CCN(C(=O)C(NC(=O)N(C)c3ccc(I)cc3)c3ccccc3)CC1)C2. The number of carbonyl (C=O) groups is 3. The topological polar surface area (TPSA) is 90.8 Å². The summed E-state index contributed by atoms with van der Waals surface area (Å²) < 4.78 is 2.75. The molecule has 2 aromatic carbocycles. The van der Waals surface area contributed by atoms with Gasteiger partial charge in [-0.05, 0) is 72.2 Å². The normalized spacial score (nSPS) is 16.5. The number of aryl methyl sites for hydroxylation is 1. The van der Waals surface area contributed by atoms with Crippen LogP contribution in [-0.2, 0) is 11.3 Å². The van der Waals surface area contributed by atoms with E-state index < -0.39 is 6.04 Å². The number of nitrogens with one attached hydrogen (secondary N) is 1. The summed E-state index contributed by atoms with van der Waals surface area (Å²) in [6.07, 6.45) is 3.13. The number of likely N-dealkylation sites (tertiary alicyclic amines) is 1. The molecule has 1 fully saturated rings. The molecule has 1 saturated heterocycles. The summed E-state index contributed by atoms with van der Waals surface area (Å²) in [6.45, 7) is 3.42. The van der Waals surface area contributed by atoms with E-state index in [0.717, 1.165) is 20.5 Å². The predicted octanol–water partition coefficient (Wildman–Crippen LogP) is 4.16. The maximum Gasteiger partial charge on any atom is 0.330 e. The molecule has 192 valence electrons. The molecule has 0 aliphatic carbocycles. The number of amides is 4. The Bertz CT molecular complexity index is 1300. The van der Waals surface area contributed by atoms with Crippen molar-refractivity contribution in [2.75, 3.05) is 25.0 Å². The van der Waals surface area contributed by atoms with Crippen LogP contribution in [0.2, 0.25) is 0 Å². The number of hydrogen-bond donors (Lipinski definition) is 1. The van der Waals surface area contributed by atoms with Gasteiger partial charge in [0.25, 0.3) is 0 Å². The van der Waals surface area contributed by atoms with E-state index in [4.69, 9.17) is 0 Å². The second kappa shape index (κ2) is 10.5. The Labute approximate surface area is 229 Å². The highest BCUT2D eigenvalue weighted by Gasteiger charge is 2.37. The molecular weight excluding hydrogens is 583 g/mol. The molecule has 1 aromatic heterocycles. The molecular formula is C27H29IN6O3. The van der Waals surface area contributed by atoms with Crippen molar-refractivity contribution in [3.8, 4) is 0 Å². The highest BCUT2D eigenvalue weighted by molar-refractivity contribution is 14.1. The zero-order chi connectivity index (χ0) is 26.1. The standard InChI is InChI=1S/C27H29IN6O3/c1-18-29-16-23-17-33(27(37)34(18)23)22-12-14-32(15-13-22)25(35)24(19-6-4-3-5-7-19)30-26(36)31(2)21-10-8-20(28)9-11-21/h3-11,16,22,24H,12-15,17H2,1-2H3,(H,30,36). The van der Waals surface area contributed by atoms with Crippen molar-refractivity contribution < 1.29 is 14.4 Å². The number of rotatable bonds is 5. The highest BCUT2D eigenvalue weighted by Crippen LogP contribution is 2.27. The molecule has 3 heterocycles. The maximum atomic E-state index is 13.7. The summed E-state index contributed by atoms with van der Waals surface area (Å²) in [5, 5.41) is 2.95. The summed E-state index contributed by atoms with van der Waals surface area (Å²) in [4.78, 5) is 49.2. The Morgan fingerprint density at radius 1 is 1.08 bits per heavy atom. The number of nitrogens with zero attached hydrogens (tertiary/aromatic N) is 5. The van der Waals surface area contributed by atoms with Crippen molar-refractivity contribution in [2.45, 2.75) is 38.4 Å². The lowest BCUT2D eigenvalue weighted by molar-refractivity contribution is -0.134. The van der Waals surface area contributed by atoms with E-state index in [9.17, 15) is 14.4 Å². The molecule has 0 saturated carbocycles. The van der Waals surface area contributed by atoms with E-state index >= 15 is 0 Å². The first-order valence-corrected chi connectivity index (χ1v) is 13.4. The molecule has 2 aliphatic heterocycles. The van der Waals surface area contributed by atoms with Crippen LogP contribution in [0.15, 0.2) is 60.8 Å². The molecule has 9 nitrogen and oxygen atoms in total. The fourth-order valence-electron chi connectivity index (χ4n) is 5.04. The first kappa shape index (κ1) is 25.2. The van der Waals surface area contributed by atoms with Gasteiger partial charge in [0.2, 0.25) is 5.91 Å². The molecule has 1 atom stereocenters. The largest absolute Gasteiger partial charge is 0.340 e. The van der Waals surface area contributed by atoms with Crippen LogP contribution >= 0.6 is 22.6 Å². The minimum atomic E-state index is -0.806. The Kier molecular flexibility index (Phi) is 7.18. The second-order valence-electron chi connectivity index (χ2n) is 9.43. The third-order valence-corrected chi connectivity index (χ3v) is 7.88. The number of urea groups is 1. The van der Waals surface area contributed by atoms with Gasteiger partial charge in [0.1, 0.15) is 11.9 Å². The lowest BCUT2D eigenvalue weighted by atomic mass is 10.0. The molecule has 4 amide bonds. The molecule has 1 unspecified atom stereocenters. The number of benzene rings is 2. The summed E-state index contributed by atoms with van der Waals surface area (Å²) in [7, 11) is 1.69. The average molecular weight is 612 g/mol. The molecule has 1 N–H and O–H groups in total. The van der Waals surface area contributed by atoms with E-state index in [1.807, 2.05) is 66.4 Å². The number of halogens is 1. The zero-order valence-corrected chi connectivity index (χ0v) is 23.0. The van der Waals surface area contributed by atoms with Crippen LogP contribution in [0.5, 0.6) is 0 Å². The summed E-state index contributed by atoms with van der Waals surface area (Å²) in [5.41, 5.74) is 2.38. The molecule has 3 aromatic rings. The summed E-state index contributed by atoms with van der Waals surface area (Å²) >= 11 is 2.22. The summed E-state index contributed by atoms with van der Waals surface area (Å²) in [6, 6.07) is 15.8. The Hall–Kier alpha value is -3.41. The first-order valence-electron chi connectivity index (χ1n) is 12.3. The van der Waals surface area contributed by atoms with Gasteiger partial charge < -0.3 is 15.1 Å². The van der Waals surface area contributed by atoms with E-state index in [0.29, 0.717) is 38.3 Å². The van der Waals surface area contributed by atoms with Crippen LogP contribution in [0.3, 0.4) is 0 Å². The minimum Gasteiger partial charge on any atom is -0.340 e. The quantitative estimate of drug-likeness (QED) is 0.439. The summed E-state index contributed by atoms with van der Waals surface area (Å²) in [5.74, 6) is 0.555. The van der Waals surface area contributed by atoms with Crippen molar-refractivity contribution in [1.29, 1.82) is 0 Å². The third kappa shape index (κ3) is 5.07. The number of imidazole rings is 1. The molecule has 37 heavy (non-hydrogen) atoms. The van der Waals surface area contributed by atoms with Crippen LogP contribution < -0.4 is 10.2 Å². The lowest BCUT2D eigenvalue weighted by Gasteiger charge is -2.38. The third-order valence-electron chi connectivity index (χ3n) is 7.16. The van der Waals surface area contributed by atoms with E-state index in [1.54, 1.807) is 22.7 Å². The van der Waals surface area contributed by atoms with Gasteiger partial charge in [0.15, 0.2) is 0 Å². The highest BCUT2D eigenvalue weighted by atomic mass is 127. The van der Waals surface area contributed by atoms with Gasteiger partial charge in [0.05, 0.1) is 18.4 Å². The average Bonchev–Trinajstić information content (AvgIpc) is 3.46. The van der Waals surface area contributed by atoms with Crippen molar-refractivity contribution >= 4 is 46.2 Å². The lowest BCUT2D eigenvalue weighted by Crippen LogP contribution is -2.51. The van der Waals surface area contributed by atoms with E-state index in [1.165, 1.54) is 4.90 Å². The van der Waals surface area contributed by atoms with Gasteiger partial charge >= 0.3 is 12.1 Å². The Balaban J connectivity index is 1.26. The molecule has 0 bridgehead atoms. The van der Waals surface area contributed by atoms with Crippen LogP contribution in [0.1, 0.15) is 36.0 Å². The van der Waals surface area contributed by atoms with Gasteiger partial charge in [-0.3, -0.25) is 14.3 Å². The van der Waals surface area contributed by atoms with Gasteiger partial charge in [-0.1, -0.05) is 30.3 Å². The van der Waals surface area contributed by atoms with E-state index in [-0.39, 0.29) is 24.0 Å². The van der Waals surface area contributed by atoms with Crippen molar-refractivity contribution in [3.05, 3.63) is 81.4 Å². The minimum absolute atomic E-state index is 0.0390. The zero-order valence-electron chi connectivity index (χ0n) is 20.8. The molecule has 2 aliphatic rings. The van der Waals surface area contributed by atoms with Crippen LogP contribution in [0, 0.1) is 10.5 Å². The Morgan fingerprint density at radius 2 is 1.76 bits per heavy atom. The van der Waals surface area contributed by atoms with Gasteiger partial charge in [-0.2, -0.15) is 0 Å². The smallest absolute Gasteiger partial charge is 0.330 e. The number of aromatic nitrogens is 2. The predicted molar refractivity (Wildman–Crippen MR) is 148 cm³/mol. The van der Waals surface area contributed by atoms with Gasteiger partial charge in [0, 0.05) is 35.4 Å². The molecule has 10 heteroatoms. The molecule has 0 radical (unpaired) electrons. The van der Waals surface area contributed by atoms with Crippen LogP contribution in [0.25, 0.3) is 0 Å². The van der Waals surface area contributed by atoms with Crippen LogP contribution in [-0.4, -0.2) is 63.5 Å². The van der Waals surface area contributed by atoms with Gasteiger partial charge in [-0.15, -0.1) is 0 Å². The maximum absolute atomic E-state index is 13.7.